The van der Waals surface area contributed by atoms with Gasteiger partial charge in [-0.2, -0.15) is 0 Å². The Labute approximate surface area is 129 Å². The number of thiazole rings is 1. The number of nitrogens with zero attached hydrogens (tertiary/aromatic N) is 2. The van der Waals surface area contributed by atoms with Crippen molar-refractivity contribution in [2.24, 2.45) is 0 Å². The highest BCUT2D eigenvalue weighted by Gasteiger charge is 2.18. The van der Waals surface area contributed by atoms with Gasteiger partial charge in [0.15, 0.2) is 0 Å². The Kier molecular flexibility index (Phi) is 4.92. The minimum atomic E-state index is -0.601. The summed E-state index contributed by atoms with van der Waals surface area (Å²) in [5.74, 6) is -0.601. The molecule has 0 amide bonds. The lowest BCUT2D eigenvalue weighted by molar-refractivity contribution is -0.387. The lowest BCUT2D eigenvalue weighted by Crippen LogP contribution is -2.06. The van der Waals surface area contributed by atoms with Crippen LogP contribution in [0.25, 0.3) is 0 Å². The molecule has 2 rings (SSSR count). The third-order valence-corrected chi connectivity index (χ3v) is 4.24. The molecular weight excluding hydrogens is 312 g/mol. The fourth-order valence-corrected chi connectivity index (χ4v) is 2.80. The van der Waals surface area contributed by atoms with Gasteiger partial charge in [0.2, 0.25) is 0 Å². The Morgan fingerprint density at radius 3 is 2.86 bits per heavy atom. The standard InChI is InChI=1S/C13H12N2O4S2/c1-8-14-10(7-21-8)6-19-13(16)9-3-4-12(20-2)11(5-9)15(17)18/h3-5,7H,6H2,1-2H3. The number of carbonyl (C=O) groups excluding carboxylic acids is 1. The Hall–Kier alpha value is -1.93. The maximum atomic E-state index is 11.9. The molecule has 0 bridgehead atoms. The van der Waals surface area contributed by atoms with Gasteiger partial charge < -0.3 is 4.74 Å². The summed E-state index contributed by atoms with van der Waals surface area (Å²) in [4.78, 5) is 27.1. The summed E-state index contributed by atoms with van der Waals surface area (Å²) in [6.45, 7) is 1.92. The van der Waals surface area contributed by atoms with Crippen LogP contribution in [0, 0.1) is 17.0 Å². The topological polar surface area (TPSA) is 82.3 Å². The number of aromatic nitrogens is 1. The molecule has 1 heterocycles. The average Bonchev–Trinajstić information content (AvgIpc) is 2.89. The van der Waals surface area contributed by atoms with Crippen LogP contribution in [0.15, 0.2) is 28.5 Å². The van der Waals surface area contributed by atoms with E-state index in [0.29, 0.717) is 10.6 Å². The molecule has 0 aliphatic rings. The Balaban J connectivity index is 2.12. The first-order valence-corrected chi connectivity index (χ1v) is 8.02. The monoisotopic (exact) mass is 324 g/mol. The van der Waals surface area contributed by atoms with Crippen molar-refractivity contribution in [1.82, 2.24) is 4.98 Å². The van der Waals surface area contributed by atoms with Gasteiger partial charge in [-0.3, -0.25) is 10.1 Å². The molecule has 0 aliphatic heterocycles. The van der Waals surface area contributed by atoms with E-state index >= 15 is 0 Å². The van der Waals surface area contributed by atoms with Crippen LogP contribution in [-0.4, -0.2) is 22.1 Å². The lowest BCUT2D eigenvalue weighted by Gasteiger charge is -2.04. The van der Waals surface area contributed by atoms with Crippen molar-refractivity contribution in [3.8, 4) is 0 Å². The second-order valence-corrected chi connectivity index (χ2v) is 5.99. The highest BCUT2D eigenvalue weighted by molar-refractivity contribution is 7.98. The summed E-state index contributed by atoms with van der Waals surface area (Å²) in [5.41, 5.74) is 0.731. The Morgan fingerprint density at radius 1 is 1.52 bits per heavy atom. The number of hydrogen-bond donors (Lipinski definition) is 0. The number of rotatable bonds is 5. The summed E-state index contributed by atoms with van der Waals surface area (Å²) >= 11 is 2.72. The van der Waals surface area contributed by atoms with Crippen LogP contribution < -0.4 is 0 Å². The van der Waals surface area contributed by atoms with Crippen LogP contribution in [0.3, 0.4) is 0 Å². The quantitative estimate of drug-likeness (QED) is 0.363. The number of nitro benzene ring substituents is 1. The van der Waals surface area contributed by atoms with Gasteiger partial charge in [-0.1, -0.05) is 0 Å². The van der Waals surface area contributed by atoms with Gasteiger partial charge in [0.05, 0.1) is 26.1 Å². The van der Waals surface area contributed by atoms with E-state index in [1.165, 1.54) is 35.2 Å². The van der Waals surface area contributed by atoms with Crippen molar-refractivity contribution in [2.75, 3.05) is 6.26 Å². The van der Waals surface area contributed by atoms with Crippen molar-refractivity contribution in [2.45, 2.75) is 18.4 Å². The highest BCUT2D eigenvalue weighted by Crippen LogP contribution is 2.28. The number of carbonyl (C=O) groups is 1. The first kappa shape index (κ1) is 15.5. The molecular formula is C13H12N2O4S2. The second-order valence-electron chi connectivity index (χ2n) is 4.08. The molecule has 0 saturated carbocycles. The minimum absolute atomic E-state index is 0.0568. The SMILES string of the molecule is CSc1ccc(C(=O)OCc2csc(C)n2)cc1[N+](=O)[O-]. The molecule has 0 radical (unpaired) electrons. The predicted molar refractivity (Wildman–Crippen MR) is 80.8 cm³/mol. The van der Waals surface area contributed by atoms with Crippen molar-refractivity contribution in [3.05, 3.63) is 50.0 Å². The molecule has 0 saturated heterocycles. The zero-order valence-corrected chi connectivity index (χ0v) is 13.0. The van der Waals surface area contributed by atoms with Crippen molar-refractivity contribution < 1.29 is 14.5 Å². The smallest absolute Gasteiger partial charge is 0.338 e. The normalized spacial score (nSPS) is 10.4. The molecule has 1 aromatic carbocycles. The molecule has 0 aliphatic carbocycles. The highest BCUT2D eigenvalue weighted by atomic mass is 32.2. The van der Waals surface area contributed by atoms with E-state index in [9.17, 15) is 14.9 Å². The first-order chi connectivity index (χ1) is 10.0. The molecule has 8 heteroatoms. The maximum absolute atomic E-state index is 11.9. The van der Waals surface area contributed by atoms with Gasteiger partial charge in [0, 0.05) is 11.4 Å². The van der Waals surface area contributed by atoms with Crippen molar-refractivity contribution >= 4 is 34.8 Å². The lowest BCUT2D eigenvalue weighted by atomic mass is 10.2. The molecule has 0 N–H and O–H groups in total. The Bertz CT molecular complexity index is 685. The first-order valence-electron chi connectivity index (χ1n) is 5.92. The molecule has 0 atom stereocenters. The Morgan fingerprint density at radius 2 is 2.29 bits per heavy atom. The number of thioether (sulfide) groups is 1. The molecule has 0 spiro atoms. The maximum Gasteiger partial charge on any atom is 0.338 e. The minimum Gasteiger partial charge on any atom is -0.456 e. The fraction of sp³-hybridized carbons (Fsp3) is 0.231. The van der Waals surface area contributed by atoms with Crippen LogP contribution in [0.5, 0.6) is 0 Å². The van der Waals surface area contributed by atoms with E-state index < -0.39 is 10.9 Å². The van der Waals surface area contributed by atoms with Gasteiger partial charge in [0.25, 0.3) is 5.69 Å². The van der Waals surface area contributed by atoms with E-state index in [2.05, 4.69) is 4.98 Å². The van der Waals surface area contributed by atoms with Crippen LogP contribution >= 0.6 is 23.1 Å². The van der Waals surface area contributed by atoms with E-state index in [4.69, 9.17) is 4.74 Å². The number of ether oxygens (including phenoxy) is 1. The van der Waals surface area contributed by atoms with E-state index in [-0.39, 0.29) is 17.9 Å². The summed E-state index contributed by atoms with van der Waals surface area (Å²) in [6.07, 6.45) is 1.74. The molecule has 6 nitrogen and oxygen atoms in total. The van der Waals surface area contributed by atoms with Gasteiger partial charge in [-0.15, -0.1) is 23.1 Å². The number of benzene rings is 1. The average molecular weight is 324 g/mol. The molecule has 0 unspecified atom stereocenters. The predicted octanol–water partition coefficient (Wildman–Crippen LogP) is 3.44. The van der Waals surface area contributed by atoms with Crippen molar-refractivity contribution in [3.63, 3.8) is 0 Å². The van der Waals surface area contributed by atoms with Gasteiger partial charge >= 0.3 is 5.97 Å². The molecule has 110 valence electrons. The van der Waals surface area contributed by atoms with E-state index in [1.807, 2.05) is 12.3 Å². The summed E-state index contributed by atoms with van der Waals surface area (Å²) in [6, 6.07) is 4.31. The summed E-state index contributed by atoms with van der Waals surface area (Å²) < 4.78 is 5.11. The van der Waals surface area contributed by atoms with Crippen LogP contribution in [0.1, 0.15) is 21.1 Å². The third kappa shape index (κ3) is 3.79. The van der Waals surface area contributed by atoms with E-state index in [1.54, 1.807) is 12.3 Å². The van der Waals surface area contributed by atoms with Crippen LogP contribution in [0.4, 0.5) is 5.69 Å². The summed E-state index contributed by atoms with van der Waals surface area (Å²) in [7, 11) is 0. The largest absolute Gasteiger partial charge is 0.456 e. The zero-order valence-electron chi connectivity index (χ0n) is 11.4. The van der Waals surface area contributed by atoms with Crippen molar-refractivity contribution in [1.29, 1.82) is 0 Å². The summed E-state index contributed by atoms with van der Waals surface area (Å²) in [5, 5.41) is 13.7. The second kappa shape index (κ2) is 6.68. The molecule has 2 aromatic rings. The van der Waals surface area contributed by atoms with Crippen LogP contribution in [0.2, 0.25) is 0 Å². The zero-order chi connectivity index (χ0) is 15.4. The number of hydrogen-bond acceptors (Lipinski definition) is 7. The third-order valence-electron chi connectivity index (χ3n) is 2.63. The fourth-order valence-electron chi connectivity index (χ4n) is 1.66. The number of esters is 1. The van der Waals surface area contributed by atoms with Crippen LogP contribution in [-0.2, 0) is 11.3 Å². The number of nitro groups is 1. The van der Waals surface area contributed by atoms with E-state index in [0.717, 1.165) is 5.01 Å². The van der Waals surface area contributed by atoms with Gasteiger partial charge in [-0.05, 0) is 25.3 Å². The molecule has 1 aromatic heterocycles. The van der Waals surface area contributed by atoms with Gasteiger partial charge in [0.1, 0.15) is 6.61 Å². The molecule has 0 fully saturated rings. The van der Waals surface area contributed by atoms with Gasteiger partial charge in [-0.25, -0.2) is 9.78 Å². The number of aryl methyl sites for hydroxylation is 1. The molecule has 21 heavy (non-hydrogen) atoms.